The van der Waals surface area contributed by atoms with Crippen LogP contribution in [0.25, 0.3) is 0 Å². The molecule has 1 saturated heterocycles. The summed E-state index contributed by atoms with van der Waals surface area (Å²) in [5.41, 5.74) is 3.05. The number of piperazine rings is 1. The van der Waals surface area contributed by atoms with Crippen molar-refractivity contribution in [3.05, 3.63) is 133 Å². The highest BCUT2D eigenvalue weighted by molar-refractivity contribution is 5.93. The predicted molar refractivity (Wildman–Crippen MR) is 167 cm³/mol. The summed E-state index contributed by atoms with van der Waals surface area (Å²) in [6.07, 6.45) is -4.87. The molecule has 1 atom stereocenters. The second-order valence-corrected chi connectivity index (χ2v) is 11.7. The molecule has 1 aliphatic rings. The minimum absolute atomic E-state index is 0.0617. The van der Waals surface area contributed by atoms with Gasteiger partial charge in [0.1, 0.15) is 17.3 Å². The average Bonchev–Trinajstić information content (AvgIpc) is 3.03. The summed E-state index contributed by atoms with van der Waals surface area (Å²) < 4.78 is 73.6. The highest BCUT2D eigenvalue weighted by Gasteiger charge is 2.35. The van der Waals surface area contributed by atoms with Gasteiger partial charge in [0, 0.05) is 56.1 Å². The molecule has 0 bridgehead atoms. The third kappa shape index (κ3) is 6.99. The van der Waals surface area contributed by atoms with E-state index in [1.54, 1.807) is 17.0 Å². The molecular weight excluding hydrogens is 621 g/mol. The lowest BCUT2D eigenvalue weighted by molar-refractivity contribution is -0.138. The van der Waals surface area contributed by atoms with Crippen LogP contribution in [0.1, 0.15) is 51.1 Å². The molecule has 0 unspecified atom stereocenters. The molecule has 248 valence electrons. The predicted octanol–water partition coefficient (Wildman–Crippen LogP) is 4.89. The summed E-state index contributed by atoms with van der Waals surface area (Å²) >= 11 is 0. The number of halogens is 5. The molecule has 0 radical (unpaired) electrons. The van der Waals surface area contributed by atoms with Crippen LogP contribution in [0.2, 0.25) is 0 Å². The highest BCUT2D eigenvalue weighted by atomic mass is 19.4. The van der Waals surface area contributed by atoms with E-state index in [1.165, 1.54) is 13.0 Å². The van der Waals surface area contributed by atoms with E-state index in [4.69, 9.17) is 5.73 Å². The van der Waals surface area contributed by atoms with Gasteiger partial charge >= 0.3 is 11.9 Å². The number of hydrogen-bond donors (Lipinski definition) is 1. The first kappa shape index (κ1) is 33.6. The van der Waals surface area contributed by atoms with E-state index in [1.807, 2.05) is 42.2 Å². The molecule has 0 spiro atoms. The van der Waals surface area contributed by atoms with Crippen molar-refractivity contribution < 1.29 is 26.7 Å². The van der Waals surface area contributed by atoms with E-state index in [2.05, 4.69) is 0 Å². The number of hydrogen-bond acceptors (Lipinski definition) is 5. The molecule has 5 rings (SSSR count). The lowest BCUT2D eigenvalue weighted by Crippen LogP contribution is -2.51. The second kappa shape index (κ2) is 13.5. The van der Waals surface area contributed by atoms with Crippen molar-refractivity contribution in [2.75, 3.05) is 31.1 Å². The smallest absolute Gasteiger partial charge is 0.366 e. The van der Waals surface area contributed by atoms with Crippen LogP contribution < -0.4 is 21.9 Å². The molecule has 13 heteroatoms. The molecule has 1 aliphatic heterocycles. The Morgan fingerprint density at radius 1 is 0.872 bits per heavy atom. The van der Waals surface area contributed by atoms with Crippen LogP contribution in [0, 0.1) is 18.6 Å². The van der Waals surface area contributed by atoms with Crippen molar-refractivity contribution in [1.82, 2.24) is 14.0 Å². The van der Waals surface area contributed by atoms with Crippen molar-refractivity contribution in [2.45, 2.75) is 45.6 Å². The number of benzene rings is 3. The number of carbonyl (C=O) groups is 1. The molecule has 3 aromatic carbocycles. The van der Waals surface area contributed by atoms with Crippen molar-refractivity contribution >= 4 is 11.6 Å². The Morgan fingerprint density at radius 2 is 1.53 bits per heavy atom. The number of aromatic nitrogens is 2. The van der Waals surface area contributed by atoms with Crippen LogP contribution in [-0.2, 0) is 25.8 Å². The maximum Gasteiger partial charge on any atom is 0.416 e. The van der Waals surface area contributed by atoms with Crippen molar-refractivity contribution in [3.8, 4) is 0 Å². The highest BCUT2D eigenvalue weighted by Crippen LogP contribution is 2.34. The maximum absolute atomic E-state index is 15.0. The van der Waals surface area contributed by atoms with Gasteiger partial charge in [-0.3, -0.25) is 23.6 Å². The number of anilines is 1. The van der Waals surface area contributed by atoms with Gasteiger partial charge < -0.3 is 10.6 Å². The summed E-state index contributed by atoms with van der Waals surface area (Å²) in [5, 5.41) is 0. The Bertz CT molecular complexity index is 1900. The molecule has 0 aliphatic carbocycles. The molecule has 8 nitrogen and oxygen atoms in total. The summed E-state index contributed by atoms with van der Waals surface area (Å²) in [5.74, 6) is -3.01. The van der Waals surface area contributed by atoms with Crippen molar-refractivity contribution in [2.24, 2.45) is 5.73 Å². The largest absolute Gasteiger partial charge is 0.416 e. The average molecular weight is 656 g/mol. The standard InChI is InChI=1S/C34H34F5N5O3/c1-21(23-8-4-3-5-9-23)18-44-32(46)30(22(2)43(33(44)47)20-26-27(34(37,38)39)12-7-13-28(26)35)42-16-14-41(15-17-42)19-24-10-6-11-25(29(24)36)31(40)45/h3-13,21H,14-20H2,1-2H3,(H2,40,45)/t21-/m0/s1. The Morgan fingerprint density at radius 3 is 2.17 bits per heavy atom. The lowest BCUT2D eigenvalue weighted by atomic mass is 10.0. The molecule has 0 saturated carbocycles. The number of carbonyl (C=O) groups excluding carboxylic acids is 1. The van der Waals surface area contributed by atoms with E-state index in [0.29, 0.717) is 13.1 Å². The molecule has 1 aromatic heterocycles. The van der Waals surface area contributed by atoms with Crippen molar-refractivity contribution in [1.29, 1.82) is 0 Å². The van der Waals surface area contributed by atoms with Gasteiger partial charge in [0.2, 0.25) is 0 Å². The summed E-state index contributed by atoms with van der Waals surface area (Å²) in [4.78, 5) is 43.2. The van der Waals surface area contributed by atoms with Gasteiger partial charge in [0.05, 0.1) is 17.7 Å². The maximum atomic E-state index is 15.0. The van der Waals surface area contributed by atoms with Crippen LogP contribution in [0.3, 0.4) is 0 Å². The molecule has 2 N–H and O–H groups in total. The Labute approximate surface area is 267 Å². The van der Waals surface area contributed by atoms with Gasteiger partial charge in [-0.2, -0.15) is 13.2 Å². The van der Waals surface area contributed by atoms with Crippen LogP contribution >= 0.6 is 0 Å². The van der Waals surface area contributed by atoms with Crippen LogP contribution in [0.4, 0.5) is 27.6 Å². The van der Waals surface area contributed by atoms with E-state index >= 15 is 0 Å². The van der Waals surface area contributed by atoms with E-state index < -0.39 is 52.6 Å². The molecule has 4 aromatic rings. The molecule has 2 heterocycles. The van der Waals surface area contributed by atoms with Gasteiger partial charge in [-0.05, 0) is 36.6 Å². The monoisotopic (exact) mass is 655 g/mol. The first-order chi connectivity index (χ1) is 22.3. The minimum Gasteiger partial charge on any atom is -0.366 e. The summed E-state index contributed by atoms with van der Waals surface area (Å²) in [7, 11) is 0. The summed E-state index contributed by atoms with van der Waals surface area (Å²) in [6.45, 7) is 3.94. The van der Waals surface area contributed by atoms with Gasteiger partial charge in [-0.1, -0.05) is 55.5 Å². The molecular formula is C34H34F5N5O3. The molecule has 1 amide bonds. The van der Waals surface area contributed by atoms with Gasteiger partial charge in [0.15, 0.2) is 0 Å². The molecule has 1 fully saturated rings. The lowest BCUT2D eigenvalue weighted by Gasteiger charge is -2.37. The fraction of sp³-hybridized carbons (Fsp3) is 0.324. The van der Waals surface area contributed by atoms with Crippen LogP contribution in [0.15, 0.2) is 76.3 Å². The molecule has 47 heavy (non-hydrogen) atoms. The fourth-order valence-corrected chi connectivity index (χ4v) is 6.06. The normalized spacial score (nSPS) is 14.7. The Hall–Kier alpha value is -4.78. The summed E-state index contributed by atoms with van der Waals surface area (Å²) in [6, 6.07) is 16.2. The van der Waals surface area contributed by atoms with Gasteiger partial charge in [-0.25, -0.2) is 13.6 Å². The first-order valence-electron chi connectivity index (χ1n) is 15.1. The van der Waals surface area contributed by atoms with E-state index in [0.717, 1.165) is 32.9 Å². The zero-order chi connectivity index (χ0) is 34.0. The Balaban J connectivity index is 1.52. The van der Waals surface area contributed by atoms with Crippen molar-refractivity contribution in [3.63, 3.8) is 0 Å². The van der Waals surface area contributed by atoms with Crippen LogP contribution in [0.5, 0.6) is 0 Å². The fourth-order valence-electron chi connectivity index (χ4n) is 6.06. The third-order valence-electron chi connectivity index (χ3n) is 8.65. The minimum atomic E-state index is -4.87. The number of amides is 1. The Kier molecular flexibility index (Phi) is 9.66. The first-order valence-corrected chi connectivity index (χ1v) is 15.1. The number of primary amides is 1. The van der Waals surface area contributed by atoms with E-state index in [9.17, 15) is 36.3 Å². The zero-order valence-corrected chi connectivity index (χ0v) is 25.9. The van der Waals surface area contributed by atoms with Gasteiger partial charge in [-0.15, -0.1) is 0 Å². The number of nitrogens with two attached hydrogens (primary N) is 1. The quantitative estimate of drug-likeness (QED) is 0.260. The number of alkyl halides is 3. The second-order valence-electron chi connectivity index (χ2n) is 11.7. The topological polar surface area (TPSA) is 93.6 Å². The van der Waals surface area contributed by atoms with Crippen LogP contribution in [-0.4, -0.2) is 46.1 Å². The third-order valence-corrected chi connectivity index (χ3v) is 8.65. The SMILES string of the molecule is Cc1c(N2CCN(Cc3cccc(C(N)=O)c3F)CC2)c(=O)n(C[C@H](C)c2ccccc2)c(=O)n1Cc1c(F)cccc1C(F)(F)F. The number of nitrogens with zero attached hydrogens (tertiary/aromatic N) is 4. The van der Waals surface area contributed by atoms with Gasteiger partial charge in [0.25, 0.3) is 11.5 Å². The number of rotatable bonds is 9. The van der Waals surface area contributed by atoms with E-state index in [-0.39, 0.29) is 54.6 Å². The zero-order valence-electron chi connectivity index (χ0n) is 25.9.